The number of benzene rings is 1. The van der Waals surface area contributed by atoms with Crippen molar-refractivity contribution in [2.24, 2.45) is 0 Å². The van der Waals surface area contributed by atoms with Crippen LogP contribution in [-0.2, 0) is 16.1 Å². The van der Waals surface area contributed by atoms with Crippen molar-refractivity contribution in [3.05, 3.63) is 48.4 Å². The first-order valence-corrected chi connectivity index (χ1v) is 11.2. The maximum Gasteiger partial charge on any atom is 0.237 e. The lowest BCUT2D eigenvalue weighted by Crippen LogP contribution is -2.57. The monoisotopic (exact) mass is 438 g/mol. The number of ether oxygens (including phenoxy) is 1. The first-order valence-electron chi connectivity index (χ1n) is 11.2. The van der Waals surface area contributed by atoms with Crippen molar-refractivity contribution < 1.29 is 14.3 Å². The van der Waals surface area contributed by atoms with E-state index in [-0.39, 0.29) is 18.2 Å². The summed E-state index contributed by atoms with van der Waals surface area (Å²) in [6.45, 7) is 7.16. The second-order valence-corrected chi connectivity index (χ2v) is 7.99. The first-order chi connectivity index (χ1) is 15.6. The highest BCUT2D eigenvalue weighted by Crippen LogP contribution is 2.19. The molecule has 2 amide bonds. The second kappa shape index (κ2) is 10.4. The maximum absolute atomic E-state index is 13.0. The molecule has 2 aliphatic heterocycles. The summed E-state index contributed by atoms with van der Waals surface area (Å²) in [5.74, 6) is 1.60. The molecule has 0 radical (unpaired) electrons. The van der Waals surface area contributed by atoms with E-state index in [9.17, 15) is 9.59 Å². The molecule has 2 saturated heterocycles. The van der Waals surface area contributed by atoms with E-state index in [0.29, 0.717) is 45.9 Å². The molecule has 3 heterocycles. The summed E-state index contributed by atoms with van der Waals surface area (Å²) in [6, 6.07) is 7.46. The van der Waals surface area contributed by atoms with Gasteiger partial charge in [0.15, 0.2) is 0 Å². The molecule has 1 aromatic carbocycles. The van der Waals surface area contributed by atoms with Gasteiger partial charge in [-0.25, -0.2) is 4.98 Å². The zero-order valence-electron chi connectivity index (χ0n) is 18.4. The van der Waals surface area contributed by atoms with Gasteiger partial charge >= 0.3 is 0 Å². The number of nitrogens with zero attached hydrogens (tertiary/aromatic N) is 5. The van der Waals surface area contributed by atoms with Gasteiger partial charge in [0.2, 0.25) is 11.8 Å². The van der Waals surface area contributed by atoms with E-state index in [1.165, 1.54) is 0 Å². The third-order valence-corrected chi connectivity index (χ3v) is 5.94. The number of aromatic nitrogens is 2. The molecular weight excluding hydrogens is 408 g/mol. The van der Waals surface area contributed by atoms with Crippen molar-refractivity contribution in [1.29, 1.82) is 0 Å². The van der Waals surface area contributed by atoms with Crippen LogP contribution in [0.15, 0.2) is 42.9 Å². The largest absolute Gasteiger partial charge is 0.494 e. The van der Waals surface area contributed by atoms with E-state index in [1.807, 2.05) is 36.1 Å². The van der Waals surface area contributed by atoms with Crippen LogP contribution in [0.3, 0.4) is 0 Å². The maximum atomic E-state index is 13.0. The van der Waals surface area contributed by atoms with Gasteiger partial charge in [-0.05, 0) is 24.6 Å². The number of carbonyl (C=O) groups is 2. The van der Waals surface area contributed by atoms with Gasteiger partial charge in [0.25, 0.3) is 0 Å². The molecule has 0 aliphatic carbocycles. The van der Waals surface area contributed by atoms with Gasteiger partial charge < -0.3 is 19.9 Å². The van der Waals surface area contributed by atoms with Crippen LogP contribution < -0.4 is 15.0 Å². The van der Waals surface area contributed by atoms with Crippen molar-refractivity contribution in [2.75, 3.05) is 50.8 Å². The van der Waals surface area contributed by atoms with Gasteiger partial charge in [0.05, 0.1) is 25.3 Å². The Balaban J connectivity index is 1.34. The fourth-order valence-electron chi connectivity index (χ4n) is 4.20. The normalized spacial score (nSPS) is 19.5. The van der Waals surface area contributed by atoms with E-state index in [0.717, 1.165) is 23.7 Å². The highest BCUT2D eigenvalue weighted by molar-refractivity contribution is 5.89. The smallest absolute Gasteiger partial charge is 0.237 e. The van der Waals surface area contributed by atoms with Gasteiger partial charge in [-0.2, -0.15) is 0 Å². The minimum atomic E-state index is -0.458. The van der Waals surface area contributed by atoms with Crippen molar-refractivity contribution in [2.45, 2.75) is 25.9 Å². The number of nitrogens with one attached hydrogen (secondary N) is 1. The molecule has 0 bridgehead atoms. The van der Waals surface area contributed by atoms with E-state index < -0.39 is 6.04 Å². The predicted molar refractivity (Wildman–Crippen MR) is 120 cm³/mol. The lowest BCUT2D eigenvalue weighted by molar-refractivity contribution is -0.139. The number of hydrogen-bond donors (Lipinski definition) is 1. The predicted octanol–water partition coefficient (Wildman–Crippen LogP) is 0.915. The Morgan fingerprint density at radius 3 is 2.59 bits per heavy atom. The first kappa shape index (κ1) is 22.0. The molecule has 2 fully saturated rings. The summed E-state index contributed by atoms with van der Waals surface area (Å²) >= 11 is 0. The molecule has 9 nitrogen and oxygen atoms in total. The Morgan fingerprint density at radius 2 is 1.91 bits per heavy atom. The summed E-state index contributed by atoms with van der Waals surface area (Å²) in [5, 5.41) is 2.92. The van der Waals surface area contributed by atoms with Gasteiger partial charge in [-0.1, -0.05) is 12.1 Å². The molecule has 4 rings (SSSR count). The summed E-state index contributed by atoms with van der Waals surface area (Å²) in [4.78, 5) is 40.2. The Hall–Kier alpha value is -3.20. The molecule has 1 atom stereocenters. The Kier molecular flexibility index (Phi) is 7.16. The van der Waals surface area contributed by atoms with Crippen molar-refractivity contribution in [3.8, 4) is 5.75 Å². The summed E-state index contributed by atoms with van der Waals surface area (Å²) < 4.78 is 5.51. The number of hydrogen-bond acceptors (Lipinski definition) is 7. The van der Waals surface area contributed by atoms with Gasteiger partial charge in [0, 0.05) is 58.2 Å². The molecule has 2 aromatic rings. The highest BCUT2D eigenvalue weighted by atomic mass is 16.5. The molecule has 1 N–H and O–H groups in total. The quantitative estimate of drug-likeness (QED) is 0.687. The molecule has 1 aromatic heterocycles. The lowest BCUT2D eigenvalue weighted by atomic mass is 10.1. The fraction of sp³-hybridized carbons (Fsp3) is 0.478. The van der Waals surface area contributed by atoms with Crippen LogP contribution in [0.5, 0.6) is 5.75 Å². The third-order valence-electron chi connectivity index (χ3n) is 5.94. The highest BCUT2D eigenvalue weighted by Gasteiger charge is 2.33. The van der Waals surface area contributed by atoms with Crippen LogP contribution in [-0.4, -0.2) is 83.5 Å². The molecule has 2 aliphatic rings. The van der Waals surface area contributed by atoms with Crippen LogP contribution in [0.1, 0.15) is 18.9 Å². The number of amides is 2. The van der Waals surface area contributed by atoms with E-state index in [4.69, 9.17) is 4.74 Å². The third kappa shape index (κ3) is 5.34. The van der Waals surface area contributed by atoms with Crippen LogP contribution in [0, 0.1) is 0 Å². The minimum absolute atomic E-state index is 0.0162. The van der Waals surface area contributed by atoms with Gasteiger partial charge in [-0.15, -0.1) is 0 Å². The zero-order chi connectivity index (χ0) is 22.3. The molecule has 9 heteroatoms. The van der Waals surface area contributed by atoms with Gasteiger partial charge in [0.1, 0.15) is 11.6 Å². The summed E-state index contributed by atoms with van der Waals surface area (Å²) in [6.07, 6.45) is 5.25. The molecule has 0 spiro atoms. The Morgan fingerprint density at radius 1 is 1.12 bits per heavy atom. The van der Waals surface area contributed by atoms with Crippen LogP contribution in [0.25, 0.3) is 0 Å². The Labute approximate surface area is 188 Å². The molecule has 170 valence electrons. The van der Waals surface area contributed by atoms with Crippen LogP contribution in [0.4, 0.5) is 5.82 Å². The van der Waals surface area contributed by atoms with Gasteiger partial charge in [-0.3, -0.25) is 19.5 Å². The average molecular weight is 439 g/mol. The van der Waals surface area contributed by atoms with Crippen molar-refractivity contribution in [3.63, 3.8) is 0 Å². The average Bonchev–Trinajstić information content (AvgIpc) is 2.83. The van der Waals surface area contributed by atoms with Crippen molar-refractivity contribution >= 4 is 17.6 Å². The molecular formula is C23H30N6O3. The number of carbonyl (C=O) groups excluding carboxylic acids is 2. The SMILES string of the molecule is CCOc1ccc(CN2CCNC(=O)[C@H]2CC(=O)N2CCN(c3cnccn3)CC2)cc1. The second-order valence-electron chi connectivity index (χ2n) is 7.99. The number of anilines is 1. The standard InChI is InChI=1S/C23H30N6O3/c1-2-32-19-5-3-18(4-6-19)17-29-10-9-26-23(31)20(29)15-22(30)28-13-11-27(12-14-28)21-16-24-7-8-25-21/h3-8,16,20H,2,9-15,17H2,1H3,(H,26,31)/t20-/m1/s1. The minimum Gasteiger partial charge on any atom is -0.494 e. The number of piperazine rings is 2. The summed E-state index contributed by atoms with van der Waals surface area (Å²) in [7, 11) is 0. The Bertz CT molecular complexity index is 900. The van der Waals surface area contributed by atoms with Crippen LogP contribution >= 0.6 is 0 Å². The number of rotatable bonds is 7. The zero-order valence-corrected chi connectivity index (χ0v) is 18.4. The summed E-state index contributed by atoms with van der Waals surface area (Å²) in [5.41, 5.74) is 1.10. The molecule has 0 unspecified atom stereocenters. The van der Waals surface area contributed by atoms with E-state index >= 15 is 0 Å². The van der Waals surface area contributed by atoms with E-state index in [1.54, 1.807) is 18.6 Å². The van der Waals surface area contributed by atoms with Crippen molar-refractivity contribution in [1.82, 2.24) is 25.1 Å². The lowest BCUT2D eigenvalue weighted by Gasteiger charge is -2.38. The topological polar surface area (TPSA) is 90.9 Å². The molecule has 32 heavy (non-hydrogen) atoms. The fourth-order valence-corrected chi connectivity index (χ4v) is 4.20. The van der Waals surface area contributed by atoms with E-state index in [2.05, 4.69) is 25.1 Å². The molecule has 0 saturated carbocycles. The van der Waals surface area contributed by atoms with Crippen LogP contribution in [0.2, 0.25) is 0 Å².